The Hall–Kier alpha value is -1.10. The van der Waals surface area contributed by atoms with E-state index in [1.807, 2.05) is 10.3 Å². The second-order valence-corrected chi connectivity index (χ2v) is 5.92. The molecule has 18 heavy (non-hydrogen) atoms. The molecule has 1 saturated heterocycles. The number of urea groups is 1. The van der Waals surface area contributed by atoms with Crippen molar-refractivity contribution in [3.8, 4) is 0 Å². The van der Waals surface area contributed by atoms with Gasteiger partial charge in [-0.05, 0) is 18.8 Å². The summed E-state index contributed by atoms with van der Waals surface area (Å²) in [5.41, 5.74) is 1.05. The highest BCUT2D eigenvalue weighted by molar-refractivity contribution is 7.13. The number of rotatable bonds is 2. The highest BCUT2D eigenvalue weighted by Crippen LogP contribution is 2.22. The predicted octanol–water partition coefficient (Wildman–Crippen LogP) is 3.67. The van der Waals surface area contributed by atoms with E-state index in [0.29, 0.717) is 11.0 Å². The molecule has 0 atom stereocenters. The fourth-order valence-corrected chi connectivity index (χ4v) is 2.91. The third-order valence-electron chi connectivity index (χ3n) is 3.22. The van der Waals surface area contributed by atoms with Crippen LogP contribution < -0.4 is 5.32 Å². The molecule has 1 N–H and O–H groups in total. The molecule has 0 unspecified atom stereocenters. The first-order valence-corrected chi connectivity index (χ1v) is 7.56. The number of likely N-dealkylation sites (tertiary alicyclic amines) is 1. The van der Waals surface area contributed by atoms with Gasteiger partial charge in [-0.1, -0.05) is 26.7 Å². The van der Waals surface area contributed by atoms with Crippen molar-refractivity contribution in [3.63, 3.8) is 0 Å². The van der Waals surface area contributed by atoms with E-state index in [2.05, 4.69) is 24.1 Å². The van der Waals surface area contributed by atoms with Gasteiger partial charge in [0.2, 0.25) is 0 Å². The van der Waals surface area contributed by atoms with E-state index >= 15 is 0 Å². The van der Waals surface area contributed by atoms with E-state index in [-0.39, 0.29) is 6.03 Å². The van der Waals surface area contributed by atoms with Crippen LogP contribution in [0.1, 0.15) is 51.1 Å². The fraction of sp³-hybridized carbons (Fsp3) is 0.692. The van der Waals surface area contributed by atoms with Crippen molar-refractivity contribution in [3.05, 3.63) is 11.1 Å². The first kappa shape index (κ1) is 13.3. The van der Waals surface area contributed by atoms with Crippen LogP contribution in [-0.4, -0.2) is 29.0 Å². The number of anilines is 1. The minimum absolute atomic E-state index is 0.00144. The third kappa shape index (κ3) is 3.45. The number of nitrogens with zero attached hydrogens (tertiary/aromatic N) is 2. The molecule has 0 bridgehead atoms. The molecule has 100 valence electrons. The summed E-state index contributed by atoms with van der Waals surface area (Å²) in [5, 5.41) is 5.64. The smallest absolute Gasteiger partial charge is 0.323 e. The quantitative estimate of drug-likeness (QED) is 0.888. The lowest BCUT2D eigenvalue weighted by Gasteiger charge is -2.19. The highest BCUT2D eigenvalue weighted by Gasteiger charge is 2.16. The van der Waals surface area contributed by atoms with Crippen molar-refractivity contribution in [2.75, 3.05) is 18.4 Å². The van der Waals surface area contributed by atoms with Gasteiger partial charge in [-0.25, -0.2) is 9.78 Å². The molecule has 1 aliphatic rings. The number of aromatic nitrogens is 1. The maximum atomic E-state index is 12.1. The minimum Gasteiger partial charge on any atom is -0.324 e. The Morgan fingerprint density at radius 1 is 1.33 bits per heavy atom. The zero-order chi connectivity index (χ0) is 13.0. The number of hydrogen-bond acceptors (Lipinski definition) is 3. The summed E-state index contributed by atoms with van der Waals surface area (Å²) in [6.07, 6.45) is 4.70. The van der Waals surface area contributed by atoms with Crippen molar-refractivity contribution in [1.29, 1.82) is 0 Å². The molecular formula is C13H21N3OS. The van der Waals surface area contributed by atoms with Gasteiger partial charge in [-0.3, -0.25) is 5.32 Å². The van der Waals surface area contributed by atoms with Crippen LogP contribution >= 0.6 is 11.3 Å². The van der Waals surface area contributed by atoms with E-state index in [4.69, 9.17) is 0 Å². The van der Waals surface area contributed by atoms with Gasteiger partial charge < -0.3 is 4.90 Å². The number of nitrogens with one attached hydrogen (secondary N) is 1. The van der Waals surface area contributed by atoms with Crippen LogP contribution in [0.3, 0.4) is 0 Å². The van der Waals surface area contributed by atoms with Crippen molar-refractivity contribution >= 4 is 22.5 Å². The van der Waals surface area contributed by atoms with Gasteiger partial charge in [-0.15, -0.1) is 11.3 Å². The lowest BCUT2D eigenvalue weighted by atomic mass is 10.2. The fourth-order valence-electron chi connectivity index (χ4n) is 2.05. The van der Waals surface area contributed by atoms with Gasteiger partial charge >= 0.3 is 6.03 Å². The predicted molar refractivity (Wildman–Crippen MR) is 75.3 cm³/mol. The number of hydrogen-bond donors (Lipinski definition) is 1. The van der Waals surface area contributed by atoms with Gasteiger partial charge in [0, 0.05) is 18.5 Å². The zero-order valence-electron chi connectivity index (χ0n) is 11.1. The van der Waals surface area contributed by atoms with Gasteiger partial charge in [0.1, 0.15) is 0 Å². The molecule has 0 aliphatic carbocycles. The largest absolute Gasteiger partial charge is 0.324 e. The molecule has 1 fully saturated rings. The Bertz CT molecular complexity index is 395. The Morgan fingerprint density at radius 2 is 2.00 bits per heavy atom. The maximum Gasteiger partial charge on any atom is 0.323 e. The molecule has 0 radical (unpaired) electrons. The second kappa shape index (κ2) is 6.18. The van der Waals surface area contributed by atoms with Crippen molar-refractivity contribution in [2.24, 2.45) is 0 Å². The standard InChI is InChI=1S/C13H21N3OS/c1-10(2)11-9-18-12(14-11)15-13(17)16-7-5-3-4-6-8-16/h9-10H,3-8H2,1-2H3,(H,14,15,17). The average Bonchev–Trinajstić information content (AvgIpc) is 2.64. The second-order valence-electron chi connectivity index (χ2n) is 5.06. The third-order valence-corrected chi connectivity index (χ3v) is 4.00. The van der Waals surface area contributed by atoms with Crippen LogP contribution in [-0.2, 0) is 0 Å². The monoisotopic (exact) mass is 267 g/mol. The molecule has 0 spiro atoms. The summed E-state index contributed by atoms with van der Waals surface area (Å²) >= 11 is 1.51. The average molecular weight is 267 g/mol. The van der Waals surface area contributed by atoms with Gasteiger partial charge in [-0.2, -0.15) is 0 Å². The van der Waals surface area contributed by atoms with Crippen molar-refractivity contribution in [1.82, 2.24) is 9.88 Å². The maximum absolute atomic E-state index is 12.1. The van der Waals surface area contributed by atoms with E-state index in [1.165, 1.54) is 24.2 Å². The van der Waals surface area contributed by atoms with Crippen LogP contribution in [0.4, 0.5) is 9.93 Å². The summed E-state index contributed by atoms with van der Waals surface area (Å²) in [5.74, 6) is 0.407. The van der Waals surface area contributed by atoms with Crippen LogP contribution in [0.5, 0.6) is 0 Å². The lowest BCUT2D eigenvalue weighted by Crippen LogP contribution is -2.35. The lowest BCUT2D eigenvalue weighted by molar-refractivity contribution is 0.214. The molecule has 2 heterocycles. The van der Waals surface area contributed by atoms with Crippen molar-refractivity contribution < 1.29 is 4.79 Å². The molecule has 0 aromatic carbocycles. The summed E-state index contributed by atoms with van der Waals surface area (Å²) in [7, 11) is 0. The van der Waals surface area contributed by atoms with Gasteiger partial charge in [0.25, 0.3) is 0 Å². The molecule has 0 saturated carbocycles. The van der Waals surface area contributed by atoms with E-state index in [1.54, 1.807) is 0 Å². The number of thiazole rings is 1. The first-order valence-electron chi connectivity index (χ1n) is 6.68. The molecule has 4 nitrogen and oxygen atoms in total. The first-order chi connectivity index (χ1) is 8.66. The summed E-state index contributed by atoms with van der Waals surface area (Å²) in [4.78, 5) is 18.4. The number of amides is 2. The molecule has 1 aromatic rings. The van der Waals surface area contributed by atoms with Crippen LogP contribution in [0, 0.1) is 0 Å². The van der Waals surface area contributed by atoms with E-state index < -0.39 is 0 Å². The summed E-state index contributed by atoms with van der Waals surface area (Å²) < 4.78 is 0. The van der Waals surface area contributed by atoms with Gasteiger partial charge in [0.05, 0.1) is 5.69 Å². The Morgan fingerprint density at radius 3 is 2.56 bits per heavy atom. The summed E-state index contributed by atoms with van der Waals surface area (Å²) in [6.45, 7) is 5.95. The van der Waals surface area contributed by atoms with E-state index in [9.17, 15) is 4.79 Å². The minimum atomic E-state index is 0.00144. The molecule has 5 heteroatoms. The van der Waals surface area contributed by atoms with Crippen LogP contribution in [0.15, 0.2) is 5.38 Å². The zero-order valence-corrected chi connectivity index (χ0v) is 11.9. The Labute approximate surface area is 112 Å². The number of carbonyl (C=O) groups is 1. The Kier molecular flexibility index (Phi) is 4.58. The Balaban J connectivity index is 1.92. The molecule has 1 aliphatic heterocycles. The number of carbonyl (C=O) groups excluding carboxylic acids is 1. The SMILES string of the molecule is CC(C)c1csc(NC(=O)N2CCCCCC2)n1. The van der Waals surface area contributed by atoms with Gasteiger partial charge in [0.15, 0.2) is 5.13 Å². The van der Waals surface area contributed by atoms with Crippen molar-refractivity contribution in [2.45, 2.75) is 45.4 Å². The normalized spacial score (nSPS) is 16.7. The molecule has 1 aromatic heterocycles. The highest BCUT2D eigenvalue weighted by atomic mass is 32.1. The van der Waals surface area contributed by atoms with Crippen LogP contribution in [0.2, 0.25) is 0 Å². The molecule has 2 rings (SSSR count). The van der Waals surface area contributed by atoms with Crippen LogP contribution in [0.25, 0.3) is 0 Å². The van der Waals surface area contributed by atoms with E-state index in [0.717, 1.165) is 31.6 Å². The molecular weight excluding hydrogens is 246 g/mol. The topological polar surface area (TPSA) is 45.2 Å². The summed E-state index contributed by atoms with van der Waals surface area (Å²) in [6, 6.07) is 0.00144. The molecule has 2 amide bonds.